The van der Waals surface area contributed by atoms with Crippen molar-refractivity contribution in [2.24, 2.45) is 0 Å². The van der Waals surface area contributed by atoms with Crippen LogP contribution in [0.1, 0.15) is 149 Å². The van der Waals surface area contributed by atoms with Gasteiger partial charge in [-0.2, -0.15) is 0 Å². The summed E-state index contributed by atoms with van der Waals surface area (Å²) in [5, 5.41) is 10.2. The number of aliphatic hydroxyl groups is 1. The molecule has 0 heterocycles. The van der Waals surface area contributed by atoms with Crippen molar-refractivity contribution in [1.29, 1.82) is 0 Å². The van der Waals surface area contributed by atoms with E-state index >= 15 is 0 Å². The van der Waals surface area contributed by atoms with E-state index in [4.69, 9.17) is 18.5 Å². The number of quaternary nitrogens is 1. The number of likely N-dealkylation sites (N-methyl/N-ethyl adjacent to an activating group) is 1. The molecule has 338 valence electrons. The molecule has 0 saturated heterocycles. The molecular formula is C48H83NO9P+. The van der Waals surface area contributed by atoms with Crippen LogP contribution in [0.15, 0.2) is 85.1 Å². The van der Waals surface area contributed by atoms with E-state index in [2.05, 4.69) is 62.5 Å². The molecule has 0 saturated carbocycles. The standard InChI is InChI=1S/C48H82NO9P/c1-6-8-10-12-14-16-18-20-21-23-25-27-29-31-35-40-48(52)58-46(44-57-59(53,54)56-42-41-49(3,4)5)43-55-47(51)39-36-32-34-38-45(50)37-33-30-28-26-24-22-19-17-15-13-11-9-7-2/h9,11,15,17,20-22,24,28,30,32-34,37,45-46,50H,6-8,10,12-14,16,18-19,23,25-27,29,31,35-36,38-44H2,1-5H3/p+1/b11-9-,17-15-,21-20-,24-22-,30-28-,34-32-,37-33-/t45?,46-/m1/s1. The number of allylic oxidation sites excluding steroid dienone is 12. The number of nitrogens with zero attached hydrogens (tertiary/aromatic N) is 1. The van der Waals surface area contributed by atoms with Gasteiger partial charge in [0.05, 0.1) is 33.9 Å². The summed E-state index contributed by atoms with van der Waals surface area (Å²) in [5.74, 6) is -0.998. The number of rotatable bonds is 39. The molecule has 2 N–H and O–H groups in total. The van der Waals surface area contributed by atoms with Gasteiger partial charge < -0.3 is 24.0 Å². The minimum Gasteiger partial charge on any atom is -0.462 e. The van der Waals surface area contributed by atoms with Crippen LogP contribution in [0, 0.1) is 0 Å². The SMILES string of the molecule is CC/C=C\C/C=C\C/C=C\C/C=C\C=C/C(O)C/C=C\CCC(=O)OC[C@H](COP(=O)(O)OCC[N+](C)(C)C)OC(=O)CCCCCCC/C=C\CCCCCCCC. The second kappa shape index (κ2) is 39.3. The quantitative estimate of drug-likeness (QED) is 0.0155. The molecule has 0 radical (unpaired) electrons. The molecule has 0 aromatic heterocycles. The Balaban J connectivity index is 4.59. The maximum Gasteiger partial charge on any atom is 0.472 e. The minimum atomic E-state index is -4.42. The predicted octanol–water partition coefficient (Wildman–Crippen LogP) is 11.8. The first-order valence-electron chi connectivity index (χ1n) is 22.4. The van der Waals surface area contributed by atoms with Crippen LogP contribution in [0.3, 0.4) is 0 Å². The molecule has 3 atom stereocenters. The molecule has 0 amide bonds. The van der Waals surface area contributed by atoms with Crippen LogP contribution in [-0.4, -0.2) is 86.1 Å². The molecule has 0 fully saturated rings. The number of esters is 2. The number of phosphoric acid groups is 1. The third-order valence-electron chi connectivity index (χ3n) is 9.00. The Bertz CT molecular complexity index is 1300. The number of ether oxygens (including phenoxy) is 2. The van der Waals surface area contributed by atoms with Gasteiger partial charge in [-0.25, -0.2) is 4.57 Å². The lowest BCUT2D eigenvalue weighted by molar-refractivity contribution is -0.870. The number of unbranched alkanes of at least 4 members (excludes halogenated alkanes) is 11. The van der Waals surface area contributed by atoms with Crippen molar-refractivity contribution in [2.45, 2.75) is 161 Å². The Labute approximate surface area is 359 Å². The highest BCUT2D eigenvalue weighted by molar-refractivity contribution is 7.47. The largest absolute Gasteiger partial charge is 0.472 e. The molecule has 0 rings (SSSR count). The Hall–Kier alpha value is -2.85. The van der Waals surface area contributed by atoms with Crippen LogP contribution in [-0.2, 0) is 32.7 Å². The Morgan fingerprint density at radius 1 is 0.627 bits per heavy atom. The summed E-state index contributed by atoms with van der Waals surface area (Å²) < 4.78 is 34.1. The van der Waals surface area contributed by atoms with Gasteiger partial charge in [0.2, 0.25) is 0 Å². The summed E-state index contributed by atoms with van der Waals surface area (Å²) in [6.07, 6.45) is 46.7. The number of carbonyl (C=O) groups is 2. The van der Waals surface area contributed by atoms with E-state index in [1.54, 1.807) is 12.2 Å². The maximum absolute atomic E-state index is 12.7. The van der Waals surface area contributed by atoms with Gasteiger partial charge in [-0.3, -0.25) is 18.6 Å². The molecule has 0 aliphatic heterocycles. The van der Waals surface area contributed by atoms with E-state index in [0.29, 0.717) is 30.3 Å². The zero-order valence-corrected chi connectivity index (χ0v) is 38.5. The maximum atomic E-state index is 12.7. The van der Waals surface area contributed by atoms with Crippen LogP contribution in [0.4, 0.5) is 0 Å². The fourth-order valence-electron chi connectivity index (χ4n) is 5.47. The van der Waals surface area contributed by atoms with Crippen LogP contribution in [0.25, 0.3) is 0 Å². The van der Waals surface area contributed by atoms with Gasteiger partial charge >= 0.3 is 19.8 Å². The monoisotopic (exact) mass is 849 g/mol. The summed E-state index contributed by atoms with van der Waals surface area (Å²) in [6, 6.07) is 0. The second-order valence-electron chi connectivity index (χ2n) is 15.9. The molecule has 0 aromatic rings. The normalized spacial score (nSPS) is 14.9. The van der Waals surface area contributed by atoms with Gasteiger partial charge in [0.15, 0.2) is 6.10 Å². The van der Waals surface area contributed by atoms with Crippen molar-refractivity contribution in [1.82, 2.24) is 0 Å². The van der Waals surface area contributed by atoms with Gasteiger partial charge in [0.1, 0.15) is 19.8 Å². The molecule has 0 aromatic carbocycles. The van der Waals surface area contributed by atoms with Crippen molar-refractivity contribution >= 4 is 19.8 Å². The van der Waals surface area contributed by atoms with Crippen molar-refractivity contribution in [3.63, 3.8) is 0 Å². The molecule has 0 bridgehead atoms. The first-order chi connectivity index (χ1) is 28.4. The Kier molecular flexibility index (Phi) is 37.4. The minimum absolute atomic E-state index is 0.00167. The number of hydrogen-bond acceptors (Lipinski definition) is 8. The van der Waals surface area contributed by atoms with Gasteiger partial charge in [-0.05, 0) is 70.6 Å². The first kappa shape index (κ1) is 56.1. The molecule has 59 heavy (non-hydrogen) atoms. The summed E-state index contributed by atoms with van der Waals surface area (Å²) in [7, 11) is 1.36. The van der Waals surface area contributed by atoms with Gasteiger partial charge in [-0.15, -0.1) is 0 Å². The fourth-order valence-corrected chi connectivity index (χ4v) is 6.21. The van der Waals surface area contributed by atoms with E-state index in [1.165, 1.54) is 38.5 Å². The summed E-state index contributed by atoms with van der Waals surface area (Å²) in [5.41, 5.74) is 0. The average Bonchev–Trinajstić information content (AvgIpc) is 3.18. The molecule has 0 aliphatic rings. The highest BCUT2D eigenvalue weighted by Crippen LogP contribution is 2.43. The number of hydrogen-bond donors (Lipinski definition) is 2. The van der Waals surface area contributed by atoms with E-state index in [9.17, 15) is 24.2 Å². The third kappa shape index (κ3) is 43.1. The number of phosphoric ester groups is 1. The lowest BCUT2D eigenvalue weighted by atomic mass is 10.1. The molecule has 10 nitrogen and oxygen atoms in total. The topological polar surface area (TPSA) is 129 Å². The first-order valence-corrected chi connectivity index (χ1v) is 23.9. The van der Waals surface area contributed by atoms with Gasteiger partial charge in [-0.1, -0.05) is 150 Å². The van der Waals surface area contributed by atoms with E-state index in [1.807, 2.05) is 45.4 Å². The van der Waals surface area contributed by atoms with Crippen LogP contribution >= 0.6 is 7.82 Å². The van der Waals surface area contributed by atoms with Crippen molar-refractivity contribution in [2.75, 3.05) is 47.5 Å². The zero-order valence-electron chi connectivity index (χ0n) is 37.6. The fraction of sp³-hybridized carbons (Fsp3) is 0.667. The average molecular weight is 849 g/mol. The van der Waals surface area contributed by atoms with Crippen molar-refractivity contribution in [3.8, 4) is 0 Å². The predicted molar refractivity (Wildman–Crippen MR) is 244 cm³/mol. The molecule has 0 spiro atoms. The summed E-state index contributed by atoms with van der Waals surface area (Å²) >= 11 is 0. The van der Waals surface area contributed by atoms with E-state index < -0.39 is 38.6 Å². The molecule has 11 heteroatoms. The van der Waals surface area contributed by atoms with Crippen LogP contribution in [0.5, 0.6) is 0 Å². The highest BCUT2D eigenvalue weighted by atomic mass is 31.2. The lowest BCUT2D eigenvalue weighted by Crippen LogP contribution is -2.37. The smallest absolute Gasteiger partial charge is 0.462 e. The second-order valence-corrected chi connectivity index (χ2v) is 17.3. The number of carbonyl (C=O) groups excluding carboxylic acids is 2. The van der Waals surface area contributed by atoms with Crippen LogP contribution in [0.2, 0.25) is 0 Å². The lowest BCUT2D eigenvalue weighted by Gasteiger charge is -2.24. The number of aliphatic hydroxyl groups excluding tert-OH is 1. The molecular weight excluding hydrogens is 765 g/mol. The Morgan fingerprint density at radius 2 is 1.20 bits per heavy atom. The highest BCUT2D eigenvalue weighted by Gasteiger charge is 2.27. The third-order valence-corrected chi connectivity index (χ3v) is 9.99. The van der Waals surface area contributed by atoms with E-state index in [0.717, 1.165) is 64.2 Å². The molecule has 0 aliphatic carbocycles. The summed E-state index contributed by atoms with van der Waals surface area (Å²) in [6.45, 7) is 4.07. The van der Waals surface area contributed by atoms with Crippen molar-refractivity contribution < 1.29 is 47.2 Å². The zero-order chi connectivity index (χ0) is 43.7. The summed E-state index contributed by atoms with van der Waals surface area (Å²) in [4.78, 5) is 35.4. The molecule has 2 unspecified atom stereocenters. The van der Waals surface area contributed by atoms with Crippen molar-refractivity contribution in [3.05, 3.63) is 85.1 Å². The Morgan fingerprint density at radius 3 is 1.83 bits per heavy atom. The van der Waals surface area contributed by atoms with Gasteiger partial charge in [0.25, 0.3) is 0 Å². The van der Waals surface area contributed by atoms with Gasteiger partial charge in [0, 0.05) is 12.8 Å². The van der Waals surface area contributed by atoms with Crippen LogP contribution < -0.4 is 0 Å². The van der Waals surface area contributed by atoms with E-state index in [-0.39, 0.29) is 26.1 Å².